The van der Waals surface area contributed by atoms with Crippen molar-refractivity contribution in [3.63, 3.8) is 0 Å². The first kappa shape index (κ1) is 10.9. The number of hydrogen-bond donors (Lipinski definition) is 4. The van der Waals surface area contributed by atoms with Gasteiger partial charge < -0.3 is 21.9 Å². The lowest BCUT2D eigenvalue weighted by atomic mass is 9.93. The van der Waals surface area contributed by atoms with Crippen LogP contribution in [0.5, 0.6) is 0 Å². The Morgan fingerprint density at radius 3 is 2.50 bits per heavy atom. The van der Waals surface area contributed by atoms with Crippen LogP contribution >= 0.6 is 0 Å². The molecule has 0 saturated heterocycles. The van der Waals surface area contributed by atoms with Gasteiger partial charge in [0.1, 0.15) is 11.6 Å². The van der Waals surface area contributed by atoms with Crippen LogP contribution in [-0.2, 0) is 0 Å². The van der Waals surface area contributed by atoms with Gasteiger partial charge in [0.2, 0.25) is 5.95 Å². The van der Waals surface area contributed by atoms with E-state index in [-0.39, 0.29) is 12.1 Å². The number of aliphatic hydroxyl groups is 1. The molecule has 1 aliphatic carbocycles. The molecule has 2 rings (SSSR count). The summed E-state index contributed by atoms with van der Waals surface area (Å²) in [6, 6.07) is 2.00. The van der Waals surface area contributed by atoms with Crippen LogP contribution in [0.1, 0.15) is 25.7 Å². The molecule has 0 radical (unpaired) electrons. The predicted molar refractivity (Wildman–Crippen MR) is 62.7 cm³/mol. The van der Waals surface area contributed by atoms with Gasteiger partial charge in [0.05, 0.1) is 6.10 Å². The highest BCUT2D eigenvalue weighted by molar-refractivity contribution is 5.48. The van der Waals surface area contributed by atoms with Gasteiger partial charge in [-0.1, -0.05) is 0 Å². The first-order chi connectivity index (χ1) is 7.63. The van der Waals surface area contributed by atoms with Gasteiger partial charge in [-0.15, -0.1) is 0 Å². The van der Waals surface area contributed by atoms with E-state index in [9.17, 15) is 5.11 Å². The van der Waals surface area contributed by atoms with E-state index in [1.165, 1.54) is 0 Å². The zero-order chi connectivity index (χ0) is 11.5. The minimum Gasteiger partial charge on any atom is -0.393 e. The number of nitrogens with one attached hydrogen (secondary N) is 1. The highest BCUT2D eigenvalue weighted by Gasteiger charge is 2.19. The number of anilines is 3. The Kier molecular flexibility index (Phi) is 3.09. The summed E-state index contributed by atoms with van der Waals surface area (Å²) in [7, 11) is 0. The number of aliphatic hydroxyl groups excluding tert-OH is 1. The molecule has 0 bridgehead atoms. The van der Waals surface area contributed by atoms with Crippen molar-refractivity contribution in [3.05, 3.63) is 6.07 Å². The Bertz CT molecular complexity index is 342. The molecular formula is C10H17N5O. The summed E-state index contributed by atoms with van der Waals surface area (Å²) in [5.74, 6) is 1.20. The average Bonchev–Trinajstić information content (AvgIpc) is 2.20. The van der Waals surface area contributed by atoms with Crippen LogP contribution in [0.3, 0.4) is 0 Å². The first-order valence-corrected chi connectivity index (χ1v) is 5.48. The highest BCUT2D eigenvalue weighted by atomic mass is 16.3. The number of nitrogens with two attached hydrogens (primary N) is 2. The summed E-state index contributed by atoms with van der Waals surface area (Å²) in [5.41, 5.74) is 11.1. The van der Waals surface area contributed by atoms with Crippen molar-refractivity contribution in [2.45, 2.75) is 37.8 Å². The van der Waals surface area contributed by atoms with E-state index in [2.05, 4.69) is 15.3 Å². The molecule has 0 spiro atoms. The summed E-state index contributed by atoms with van der Waals surface area (Å²) >= 11 is 0. The molecule has 6 heteroatoms. The number of aromatic nitrogens is 2. The maximum atomic E-state index is 9.39. The lowest BCUT2D eigenvalue weighted by Crippen LogP contribution is -2.28. The third-order valence-corrected chi connectivity index (χ3v) is 2.81. The van der Waals surface area contributed by atoms with Crippen molar-refractivity contribution in [3.8, 4) is 0 Å². The van der Waals surface area contributed by atoms with Gasteiger partial charge in [-0.25, -0.2) is 0 Å². The predicted octanol–water partition coefficient (Wildman–Crippen LogP) is 0.356. The monoisotopic (exact) mass is 223 g/mol. The molecule has 1 saturated carbocycles. The maximum Gasteiger partial charge on any atom is 0.223 e. The normalized spacial score (nSPS) is 25.3. The van der Waals surface area contributed by atoms with Crippen LogP contribution in [0, 0.1) is 0 Å². The van der Waals surface area contributed by atoms with Crippen LogP contribution < -0.4 is 16.8 Å². The van der Waals surface area contributed by atoms with E-state index in [0.717, 1.165) is 25.7 Å². The third kappa shape index (κ3) is 2.73. The lowest BCUT2D eigenvalue weighted by Gasteiger charge is -2.26. The standard InChI is InChI=1S/C10H17N5O/c11-8-5-9(15-10(12)14-8)13-6-1-3-7(16)4-2-6/h5-7,16H,1-4H2,(H5,11,12,13,14,15). The fourth-order valence-electron chi connectivity index (χ4n) is 1.99. The molecule has 1 aromatic rings. The fourth-order valence-corrected chi connectivity index (χ4v) is 1.99. The molecule has 0 atom stereocenters. The third-order valence-electron chi connectivity index (χ3n) is 2.81. The molecule has 0 amide bonds. The van der Waals surface area contributed by atoms with Crippen LogP contribution in [-0.4, -0.2) is 27.2 Å². The van der Waals surface area contributed by atoms with Gasteiger partial charge in [0, 0.05) is 12.1 Å². The van der Waals surface area contributed by atoms with Gasteiger partial charge in [0.25, 0.3) is 0 Å². The molecule has 0 aliphatic heterocycles. The van der Waals surface area contributed by atoms with E-state index in [1.54, 1.807) is 6.07 Å². The molecule has 1 heterocycles. The largest absolute Gasteiger partial charge is 0.393 e. The molecule has 88 valence electrons. The van der Waals surface area contributed by atoms with E-state index < -0.39 is 0 Å². The highest BCUT2D eigenvalue weighted by Crippen LogP contribution is 2.22. The summed E-state index contributed by atoms with van der Waals surface area (Å²) in [6.45, 7) is 0. The molecule has 16 heavy (non-hydrogen) atoms. The van der Waals surface area contributed by atoms with Gasteiger partial charge >= 0.3 is 0 Å². The first-order valence-electron chi connectivity index (χ1n) is 5.48. The van der Waals surface area contributed by atoms with Gasteiger partial charge in [-0.2, -0.15) is 9.97 Å². The van der Waals surface area contributed by atoms with Gasteiger partial charge in [0.15, 0.2) is 0 Å². The minimum atomic E-state index is -0.154. The number of nitrogens with zero attached hydrogens (tertiary/aromatic N) is 2. The van der Waals surface area contributed by atoms with Crippen molar-refractivity contribution >= 4 is 17.6 Å². The van der Waals surface area contributed by atoms with Crippen LogP contribution in [0.15, 0.2) is 6.07 Å². The van der Waals surface area contributed by atoms with Crippen LogP contribution in [0.2, 0.25) is 0 Å². The van der Waals surface area contributed by atoms with E-state index in [1.807, 2.05) is 0 Å². The Hall–Kier alpha value is -1.56. The molecular weight excluding hydrogens is 206 g/mol. The van der Waals surface area contributed by atoms with Crippen molar-refractivity contribution in [1.29, 1.82) is 0 Å². The average molecular weight is 223 g/mol. The second-order valence-corrected chi connectivity index (χ2v) is 4.19. The Morgan fingerprint density at radius 1 is 1.19 bits per heavy atom. The fraction of sp³-hybridized carbons (Fsp3) is 0.600. The van der Waals surface area contributed by atoms with E-state index in [4.69, 9.17) is 11.5 Å². The summed E-state index contributed by atoms with van der Waals surface area (Å²) < 4.78 is 0. The molecule has 0 aromatic carbocycles. The number of hydrogen-bond acceptors (Lipinski definition) is 6. The Labute approximate surface area is 94.1 Å². The molecule has 6 nitrogen and oxygen atoms in total. The molecule has 1 aromatic heterocycles. The summed E-state index contributed by atoms with van der Waals surface area (Å²) in [4.78, 5) is 7.86. The quantitative estimate of drug-likeness (QED) is 0.576. The second-order valence-electron chi connectivity index (χ2n) is 4.19. The zero-order valence-electron chi connectivity index (χ0n) is 9.06. The molecule has 1 fully saturated rings. The Morgan fingerprint density at radius 2 is 1.88 bits per heavy atom. The summed E-state index contributed by atoms with van der Waals surface area (Å²) in [5, 5.41) is 12.6. The summed E-state index contributed by atoms with van der Waals surface area (Å²) in [6.07, 6.45) is 3.37. The van der Waals surface area contributed by atoms with Gasteiger partial charge in [-0.3, -0.25) is 0 Å². The minimum absolute atomic E-state index is 0.154. The lowest BCUT2D eigenvalue weighted by molar-refractivity contribution is 0.126. The zero-order valence-corrected chi connectivity index (χ0v) is 9.06. The smallest absolute Gasteiger partial charge is 0.223 e. The van der Waals surface area contributed by atoms with Crippen LogP contribution in [0.25, 0.3) is 0 Å². The van der Waals surface area contributed by atoms with Crippen LogP contribution in [0.4, 0.5) is 17.6 Å². The second kappa shape index (κ2) is 4.52. The number of rotatable bonds is 2. The number of nitrogen functional groups attached to an aromatic ring is 2. The van der Waals surface area contributed by atoms with Gasteiger partial charge in [-0.05, 0) is 25.7 Å². The van der Waals surface area contributed by atoms with E-state index >= 15 is 0 Å². The van der Waals surface area contributed by atoms with Crippen molar-refractivity contribution < 1.29 is 5.11 Å². The molecule has 6 N–H and O–H groups in total. The Balaban J connectivity index is 1.98. The molecule has 1 aliphatic rings. The van der Waals surface area contributed by atoms with E-state index in [0.29, 0.717) is 17.7 Å². The maximum absolute atomic E-state index is 9.39. The SMILES string of the molecule is Nc1cc(NC2CCC(O)CC2)nc(N)n1. The topological polar surface area (TPSA) is 110 Å². The molecule has 0 unspecified atom stereocenters. The van der Waals surface area contributed by atoms with Crippen molar-refractivity contribution in [2.24, 2.45) is 0 Å². The van der Waals surface area contributed by atoms with Crippen molar-refractivity contribution in [2.75, 3.05) is 16.8 Å². The van der Waals surface area contributed by atoms with Crippen molar-refractivity contribution in [1.82, 2.24) is 9.97 Å².